The Morgan fingerprint density at radius 2 is 1.30 bits per heavy atom. The zero-order valence-electron chi connectivity index (χ0n) is 16.7. The van der Waals surface area contributed by atoms with Gasteiger partial charge in [-0.25, -0.2) is 0 Å². The number of anilines is 1. The summed E-state index contributed by atoms with van der Waals surface area (Å²) in [4.78, 5) is 26.7. The Morgan fingerprint density at radius 3 is 1.87 bits per heavy atom. The summed E-state index contributed by atoms with van der Waals surface area (Å²) >= 11 is 3.41. The summed E-state index contributed by atoms with van der Waals surface area (Å²) in [7, 11) is 1.75. The number of halogens is 1. The molecule has 0 radical (unpaired) electrons. The molecule has 0 aliphatic heterocycles. The molecule has 2 N–H and O–H groups in total. The quantitative estimate of drug-likeness (QED) is 0.523. The third kappa shape index (κ3) is 6.27. The molecule has 0 bridgehead atoms. The number of amides is 2. The molecule has 0 aliphatic carbocycles. The number of benzene rings is 3. The van der Waals surface area contributed by atoms with Gasteiger partial charge in [-0.15, -0.1) is 0 Å². The largest absolute Gasteiger partial charge is 0.344 e. The van der Waals surface area contributed by atoms with Crippen molar-refractivity contribution in [2.24, 2.45) is 0 Å². The van der Waals surface area contributed by atoms with E-state index in [2.05, 4.69) is 26.6 Å². The second-order valence-corrected chi connectivity index (χ2v) is 7.88. The third-order valence-corrected chi connectivity index (χ3v) is 5.24. The summed E-state index contributed by atoms with van der Waals surface area (Å²) in [6.45, 7) is 0.218. The van der Waals surface area contributed by atoms with Gasteiger partial charge in [0.2, 0.25) is 11.8 Å². The van der Waals surface area contributed by atoms with Crippen LogP contribution >= 0.6 is 15.9 Å². The van der Waals surface area contributed by atoms with Gasteiger partial charge in [0.05, 0.1) is 24.8 Å². The zero-order valence-corrected chi connectivity index (χ0v) is 18.3. The molecule has 0 aromatic heterocycles. The molecule has 30 heavy (non-hydrogen) atoms. The number of hydrogen-bond donors (Lipinski definition) is 2. The second kappa shape index (κ2) is 10.7. The van der Waals surface area contributed by atoms with Gasteiger partial charge < -0.3 is 10.6 Å². The van der Waals surface area contributed by atoms with Gasteiger partial charge >= 0.3 is 0 Å². The average molecular weight is 466 g/mol. The monoisotopic (exact) mass is 465 g/mol. The van der Waals surface area contributed by atoms with Gasteiger partial charge in [-0.3, -0.25) is 14.5 Å². The number of carbonyl (C=O) groups excluding carboxylic acids is 2. The highest BCUT2D eigenvalue weighted by Crippen LogP contribution is 2.22. The highest BCUT2D eigenvalue weighted by Gasteiger charge is 2.18. The maximum absolute atomic E-state index is 12.7. The lowest BCUT2D eigenvalue weighted by Crippen LogP contribution is -2.40. The van der Waals surface area contributed by atoms with Crippen LogP contribution in [0.15, 0.2) is 89.4 Å². The molecule has 0 atom stereocenters. The van der Waals surface area contributed by atoms with E-state index >= 15 is 0 Å². The van der Waals surface area contributed by atoms with Crippen LogP contribution in [0.5, 0.6) is 0 Å². The topological polar surface area (TPSA) is 61.4 Å². The lowest BCUT2D eigenvalue weighted by Gasteiger charge is -2.22. The van der Waals surface area contributed by atoms with Gasteiger partial charge in [0.15, 0.2) is 0 Å². The molecule has 6 heteroatoms. The fourth-order valence-corrected chi connectivity index (χ4v) is 3.54. The molecule has 3 rings (SSSR count). The Kier molecular flexibility index (Phi) is 7.76. The highest BCUT2D eigenvalue weighted by atomic mass is 79.9. The number of rotatable bonds is 8. The predicted molar refractivity (Wildman–Crippen MR) is 123 cm³/mol. The molecule has 5 nitrogen and oxygen atoms in total. The Morgan fingerprint density at radius 1 is 0.800 bits per heavy atom. The van der Waals surface area contributed by atoms with Crippen molar-refractivity contribution in [2.45, 2.75) is 6.04 Å². The standard InChI is InChI=1S/C24H24BrN3O2/c1-28(16-22(29)26-21-15-9-8-14-20(21)25)17-23(30)27-24(18-10-4-2-5-11-18)19-12-6-3-7-13-19/h2-15,24H,16-17H2,1H3,(H,26,29)(H,27,30). The van der Waals surface area contributed by atoms with Crippen molar-refractivity contribution in [3.8, 4) is 0 Å². The molecule has 3 aromatic carbocycles. The molecule has 2 amide bonds. The molecule has 0 fully saturated rings. The first-order valence-electron chi connectivity index (χ1n) is 9.65. The minimum atomic E-state index is -0.248. The van der Waals surface area contributed by atoms with Gasteiger partial charge in [0.25, 0.3) is 0 Å². The van der Waals surface area contributed by atoms with E-state index in [1.807, 2.05) is 84.9 Å². The Balaban J connectivity index is 1.60. The maximum atomic E-state index is 12.7. The van der Waals surface area contributed by atoms with E-state index in [4.69, 9.17) is 0 Å². The molecule has 154 valence electrons. The number of carbonyl (C=O) groups is 2. The van der Waals surface area contributed by atoms with Crippen LogP contribution in [0.1, 0.15) is 17.2 Å². The summed E-state index contributed by atoms with van der Waals surface area (Å²) < 4.78 is 0.812. The lowest BCUT2D eigenvalue weighted by molar-refractivity contribution is -0.123. The van der Waals surface area contributed by atoms with Crippen molar-refractivity contribution in [2.75, 3.05) is 25.5 Å². The van der Waals surface area contributed by atoms with Gasteiger partial charge in [-0.2, -0.15) is 0 Å². The van der Waals surface area contributed by atoms with E-state index in [0.717, 1.165) is 15.6 Å². The highest BCUT2D eigenvalue weighted by molar-refractivity contribution is 9.10. The molecule has 0 spiro atoms. The summed E-state index contributed by atoms with van der Waals surface area (Å²) in [5.41, 5.74) is 2.71. The van der Waals surface area contributed by atoms with Crippen LogP contribution in [0.4, 0.5) is 5.69 Å². The smallest absolute Gasteiger partial charge is 0.238 e. The van der Waals surface area contributed by atoms with Gasteiger partial charge in [-0.05, 0) is 46.2 Å². The molecule has 3 aromatic rings. The first kappa shape index (κ1) is 21.7. The van der Waals surface area contributed by atoms with Crippen molar-refractivity contribution < 1.29 is 9.59 Å². The number of nitrogens with one attached hydrogen (secondary N) is 2. The zero-order chi connectivity index (χ0) is 21.3. The Labute approximate surface area is 185 Å². The second-order valence-electron chi connectivity index (χ2n) is 7.02. The average Bonchev–Trinajstić information content (AvgIpc) is 2.75. The van der Waals surface area contributed by atoms with Gasteiger partial charge in [-0.1, -0.05) is 72.8 Å². The van der Waals surface area contributed by atoms with Crippen molar-refractivity contribution in [3.05, 3.63) is 101 Å². The first-order chi connectivity index (χ1) is 14.5. The van der Waals surface area contributed by atoms with E-state index < -0.39 is 0 Å². The SMILES string of the molecule is CN(CC(=O)Nc1ccccc1Br)CC(=O)NC(c1ccccc1)c1ccccc1. The minimum Gasteiger partial charge on any atom is -0.344 e. The number of likely N-dealkylation sites (N-methyl/N-ethyl adjacent to an activating group) is 1. The van der Waals surface area contributed by atoms with Crippen molar-refractivity contribution >= 4 is 33.4 Å². The van der Waals surface area contributed by atoms with Crippen molar-refractivity contribution in [1.82, 2.24) is 10.2 Å². The van der Waals surface area contributed by atoms with Crippen LogP contribution in [0.2, 0.25) is 0 Å². The van der Waals surface area contributed by atoms with Crippen molar-refractivity contribution in [3.63, 3.8) is 0 Å². The molecule has 0 aliphatic rings. The van der Waals surface area contributed by atoms with Crippen LogP contribution in [-0.4, -0.2) is 36.9 Å². The summed E-state index contributed by atoms with van der Waals surface area (Å²) in [6, 6.07) is 26.9. The van der Waals surface area contributed by atoms with Crippen LogP contribution in [0.3, 0.4) is 0 Å². The van der Waals surface area contributed by atoms with Crippen LogP contribution in [0.25, 0.3) is 0 Å². The van der Waals surface area contributed by atoms with E-state index in [1.54, 1.807) is 11.9 Å². The predicted octanol–water partition coefficient (Wildman–Crippen LogP) is 4.23. The number of para-hydroxylation sites is 1. The van der Waals surface area contributed by atoms with Crippen LogP contribution in [0, 0.1) is 0 Å². The molecule has 0 saturated heterocycles. The Hall–Kier alpha value is -2.96. The Bertz CT molecular complexity index is 941. The van der Waals surface area contributed by atoms with E-state index in [-0.39, 0.29) is 30.9 Å². The van der Waals surface area contributed by atoms with Crippen LogP contribution < -0.4 is 10.6 Å². The van der Waals surface area contributed by atoms with E-state index in [9.17, 15) is 9.59 Å². The van der Waals surface area contributed by atoms with Gasteiger partial charge in [0, 0.05) is 4.47 Å². The fourth-order valence-electron chi connectivity index (χ4n) is 3.16. The lowest BCUT2D eigenvalue weighted by atomic mass is 9.99. The number of hydrogen-bond acceptors (Lipinski definition) is 3. The van der Waals surface area contributed by atoms with Crippen molar-refractivity contribution in [1.29, 1.82) is 0 Å². The van der Waals surface area contributed by atoms with E-state index in [1.165, 1.54) is 0 Å². The van der Waals surface area contributed by atoms with Crippen LogP contribution in [-0.2, 0) is 9.59 Å². The molecule has 0 saturated carbocycles. The molecule has 0 unspecified atom stereocenters. The third-order valence-electron chi connectivity index (χ3n) is 4.55. The number of nitrogens with zero attached hydrogens (tertiary/aromatic N) is 1. The van der Waals surface area contributed by atoms with E-state index in [0.29, 0.717) is 5.69 Å². The summed E-state index contributed by atoms with van der Waals surface area (Å²) in [6.07, 6.45) is 0. The molecular weight excluding hydrogens is 442 g/mol. The molecular formula is C24H24BrN3O2. The fraction of sp³-hybridized carbons (Fsp3) is 0.167. The first-order valence-corrected chi connectivity index (χ1v) is 10.4. The maximum Gasteiger partial charge on any atom is 0.238 e. The minimum absolute atomic E-state index is 0.107. The normalized spacial score (nSPS) is 10.8. The molecule has 0 heterocycles. The van der Waals surface area contributed by atoms with Gasteiger partial charge in [0.1, 0.15) is 0 Å². The summed E-state index contributed by atoms with van der Waals surface area (Å²) in [5.74, 6) is -0.330. The summed E-state index contributed by atoms with van der Waals surface area (Å²) in [5, 5.41) is 5.94.